The third kappa shape index (κ3) is 2.72. The molecule has 1 heterocycles. The molecule has 7 heteroatoms. The highest BCUT2D eigenvalue weighted by molar-refractivity contribution is 6.35. The van der Waals surface area contributed by atoms with E-state index in [1.165, 1.54) is 4.68 Å². The summed E-state index contributed by atoms with van der Waals surface area (Å²) in [5, 5.41) is 17.6. The van der Waals surface area contributed by atoms with E-state index in [9.17, 15) is 4.79 Å². The maximum atomic E-state index is 10.7. The summed E-state index contributed by atoms with van der Waals surface area (Å²) < 4.78 is 1.49. The summed E-state index contributed by atoms with van der Waals surface area (Å²) in [4.78, 5) is 10.7. The van der Waals surface area contributed by atoms with Crippen LogP contribution in [0.15, 0.2) is 12.1 Å². The third-order valence-corrected chi connectivity index (χ3v) is 3.48. The molecule has 100 valence electrons. The number of halogens is 2. The van der Waals surface area contributed by atoms with E-state index in [0.717, 1.165) is 5.56 Å². The molecule has 0 spiro atoms. The predicted octanol–water partition coefficient (Wildman–Crippen LogP) is 2.82. The van der Waals surface area contributed by atoms with E-state index in [0.29, 0.717) is 27.1 Å². The Morgan fingerprint density at radius 2 is 2.00 bits per heavy atom. The number of carbonyl (C=O) groups is 1. The van der Waals surface area contributed by atoms with Crippen LogP contribution in [0.2, 0.25) is 10.0 Å². The molecule has 0 aliphatic heterocycles. The fourth-order valence-corrected chi connectivity index (χ4v) is 2.15. The Morgan fingerprint density at radius 3 is 2.63 bits per heavy atom. The molecule has 0 aliphatic carbocycles. The van der Waals surface area contributed by atoms with E-state index in [4.69, 9.17) is 28.3 Å². The zero-order valence-corrected chi connectivity index (χ0v) is 11.8. The average Bonchev–Trinajstić information content (AvgIpc) is 2.65. The quantitative estimate of drug-likeness (QED) is 0.946. The molecule has 2 rings (SSSR count). The van der Waals surface area contributed by atoms with Crippen LogP contribution in [0.1, 0.15) is 17.0 Å². The maximum absolute atomic E-state index is 10.7. The zero-order valence-electron chi connectivity index (χ0n) is 10.3. The molecule has 0 fully saturated rings. The molecule has 0 aliphatic rings. The van der Waals surface area contributed by atoms with Crippen molar-refractivity contribution < 1.29 is 9.90 Å². The van der Waals surface area contributed by atoms with E-state index in [-0.39, 0.29) is 6.42 Å². The van der Waals surface area contributed by atoms with Crippen molar-refractivity contribution in [2.75, 3.05) is 0 Å². The molecule has 0 amide bonds. The molecular weight excluding hydrogens is 289 g/mol. The molecule has 0 saturated heterocycles. The summed E-state index contributed by atoms with van der Waals surface area (Å²) in [7, 11) is 0. The smallest absolute Gasteiger partial charge is 0.309 e. The lowest BCUT2D eigenvalue weighted by molar-refractivity contribution is -0.136. The summed E-state index contributed by atoms with van der Waals surface area (Å²) in [5.41, 5.74) is 2.47. The van der Waals surface area contributed by atoms with Crippen LogP contribution in [0.3, 0.4) is 0 Å². The monoisotopic (exact) mass is 299 g/mol. The largest absolute Gasteiger partial charge is 0.481 e. The summed E-state index contributed by atoms with van der Waals surface area (Å²) >= 11 is 12.2. The highest BCUT2D eigenvalue weighted by Gasteiger charge is 2.15. The fraction of sp³-hybridized carbons (Fsp3) is 0.250. The number of rotatable bonds is 3. The number of carboxylic acid groups (broad SMARTS) is 1. The van der Waals surface area contributed by atoms with E-state index in [1.54, 1.807) is 19.1 Å². The topological polar surface area (TPSA) is 68.0 Å². The minimum absolute atomic E-state index is 0.178. The van der Waals surface area contributed by atoms with Gasteiger partial charge in [-0.3, -0.25) is 4.79 Å². The van der Waals surface area contributed by atoms with Crippen molar-refractivity contribution in [1.82, 2.24) is 15.0 Å². The first kappa shape index (κ1) is 13.8. The number of benzene rings is 1. The molecule has 0 unspecified atom stereocenters. The minimum Gasteiger partial charge on any atom is -0.481 e. The number of aromatic nitrogens is 3. The average molecular weight is 300 g/mol. The number of aryl methyl sites for hydroxylation is 1. The summed E-state index contributed by atoms with van der Waals surface area (Å²) in [6.07, 6.45) is -0.178. The molecule has 2 aromatic rings. The van der Waals surface area contributed by atoms with Crippen LogP contribution in [0.4, 0.5) is 0 Å². The lowest BCUT2D eigenvalue weighted by Gasteiger charge is -2.08. The maximum Gasteiger partial charge on any atom is 0.309 e. The van der Waals surface area contributed by atoms with Crippen LogP contribution in [0.25, 0.3) is 5.69 Å². The molecule has 1 aromatic carbocycles. The molecule has 5 nitrogen and oxygen atoms in total. The van der Waals surface area contributed by atoms with Gasteiger partial charge in [-0.15, -0.1) is 5.10 Å². The standard InChI is InChI=1S/C12H11Cl2N3O2/c1-6-3-9(14)11(4-8(6)13)17-7(2)10(15-16-17)5-12(18)19/h3-4H,5H2,1-2H3,(H,18,19). The first-order valence-electron chi connectivity index (χ1n) is 5.49. The highest BCUT2D eigenvalue weighted by atomic mass is 35.5. The third-order valence-electron chi connectivity index (χ3n) is 2.77. The summed E-state index contributed by atoms with van der Waals surface area (Å²) in [6, 6.07) is 3.42. The lowest BCUT2D eigenvalue weighted by Crippen LogP contribution is -2.04. The molecule has 0 atom stereocenters. The van der Waals surface area contributed by atoms with Gasteiger partial charge >= 0.3 is 5.97 Å². The number of carboxylic acids is 1. The van der Waals surface area contributed by atoms with Crippen molar-refractivity contribution in [3.63, 3.8) is 0 Å². The van der Waals surface area contributed by atoms with Crippen LogP contribution in [-0.2, 0) is 11.2 Å². The van der Waals surface area contributed by atoms with Gasteiger partial charge < -0.3 is 5.11 Å². The van der Waals surface area contributed by atoms with Gasteiger partial charge in [-0.2, -0.15) is 0 Å². The second-order valence-electron chi connectivity index (χ2n) is 4.16. The fourth-order valence-electron chi connectivity index (χ4n) is 1.69. The number of nitrogens with zero attached hydrogens (tertiary/aromatic N) is 3. The first-order chi connectivity index (χ1) is 8.90. The zero-order chi connectivity index (χ0) is 14.2. The Morgan fingerprint density at radius 1 is 1.32 bits per heavy atom. The minimum atomic E-state index is -0.955. The first-order valence-corrected chi connectivity index (χ1v) is 6.24. The van der Waals surface area contributed by atoms with Crippen molar-refractivity contribution >= 4 is 29.2 Å². The van der Waals surface area contributed by atoms with E-state index in [1.807, 2.05) is 6.92 Å². The van der Waals surface area contributed by atoms with Gasteiger partial charge in [-0.1, -0.05) is 28.4 Å². The highest BCUT2D eigenvalue weighted by Crippen LogP contribution is 2.28. The van der Waals surface area contributed by atoms with Crippen molar-refractivity contribution in [2.24, 2.45) is 0 Å². The van der Waals surface area contributed by atoms with Crippen molar-refractivity contribution in [2.45, 2.75) is 20.3 Å². The summed E-state index contributed by atoms with van der Waals surface area (Å²) in [5.74, 6) is -0.955. The van der Waals surface area contributed by atoms with Gasteiger partial charge in [0.1, 0.15) is 0 Å². The van der Waals surface area contributed by atoms with Gasteiger partial charge in [-0.25, -0.2) is 4.68 Å². The summed E-state index contributed by atoms with van der Waals surface area (Å²) in [6.45, 7) is 3.59. The van der Waals surface area contributed by atoms with Crippen LogP contribution in [-0.4, -0.2) is 26.1 Å². The molecule has 0 bridgehead atoms. The lowest BCUT2D eigenvalue weighted by atomic mass is 10.2. The molecule has 19 heavy (non-hydrogen) atoms. The Kier molecular flexibility index (Phi) is 3.78. The van der Waals surface area contributed by atoms with E-state index >= 15 is 0 Å². The number of hydrogen-bond acceptors (Lipinski definition) is 3. The van der Waals surface area contributed by atoms with Crippen LogP contribution in [0.5, 0.6) is 0 Å². The van der Waals surface area contributed by atoms with E-state index < -0.39 is 5.97 Å². The molecule has 1 N–H and O–H groups in total. The van der Waals surface area contributed by atoms with Gasteiger partial charge in [0.2, 0.25) is 0 Å². The molecule has 0 radical (unpaired) electrons. The molecule has 1 aromatic heterocycles. The van der Waals surface area contributed by atoms with E-state index in [2.05, 4.69) is 10.3 Å². The van der Waals surface area contributed by atoms with Crippen LogP contribution < -0.4 is 0 Å². The van der Waals surface area contributed by atoms with Crippen LogP contribution >= 0.6 is 23.2 Å². The second-order valence-corrected chi connectivity index (χ2v) is 4.97. The van der Waals surface area contributed by atoms with Crippen molar-refractivity contribution in [1.29, 1.82) is 0 Å². The van der Waals surface area contributed by atoms with Gasteiger partial charge in [0.25, 0.3) is 0 Å². The normalized spacial score (nSPS) is 10.7. The van der Waals surface area contributed by atoms with Gasteiger partial charge in [0.05, 0.1) is 28.5 Å². The van der Waals surface area contributed by atoms with Crippen LogP contribution in [0, 0.1) is 13.8 Å². The Hall–Kier alpha value is -1.59. The Labute approximate surface area is 119 Å². The molecule has 0 saturated carbocycles. The SMILES string of the molecule is Cc1cc(Cl)c(-n2nnc(CC(=O)O)c2C)cc1Cl. The van der Waals surface area contributed by atoms with Gasteiger partial charge in [0.15, 0.2) is 0 Å². The predicted molar refractivity (Wildman–Crippen MR) is 72.2 cm³/mol. The van der Waals surface area contributed by atoms with Crippen molar-refractivity contribution in [3.05, 3.63) is 39.1 Å². The second kappa shape index (κ2) is 5.19. The molecular formula is C12H11Cl2N3O2. The van der Waals surface area contributed by atoms with Crippen molar-refractivity contribution in [3.8, 4) is 5.69 Å². The number of aliphatic carboxylic acids is 1. The Bertz CT molecular complexity index is 653. The Balaban J connectivity index is 2.51. The van der Waals surface area contributed by atoms with Gasteiger partial charge in [0, 0.05) is 5.02 Å². The number of hydrogen-bond donors (Lipinski definition) is 1. The van der Waals surface area contributed by atoms with Gasteiger partial charge in [-0.05, 0) is 31.5 Å².